The van der Waals surface area contributed by atoms with E-state index in [9.17, 15) is 59.9 Å². The lowest BCUT2D eigenvalue weighted by Crippen LogP contribution is -2.56. The van der Waals surface area contributed by atoms with Gasteiger partial charge in [-0.15, -0.1) is 0 Å². The molecule has 1 aliphatic carbocycles. The van der Waals surface area contributed by atoms with Crippen LogP contribution in [0.25, 0.3) is 5.57 Å². The second-order valence-corrected chi connectivity index (χ2v) is 13.6. The molecule has 52 heavy (non-hydrogen) atoms. The van der Waals surface area contributed by atoms with Crippen LogP contribution in [0.2, 0.25) is 5.02 Å². The van der Waals surface area contributed by atoms with Gasteiger partial charge >= 0.3 is 30.2 Å². The Morgan fingerprint density at radius 3 is 2.23 bits per heavy atom. The average molecular weight is 767 g/mol. The molecule has 2 atom stereocenters. The molecular weight excluding hydrogens is 736 g/mol. The number of esters is 1. The summed E-state index contributed by atoms with van der Waals surface area (Å²) in [5, 5.41) is 25.6. The van der Waals surface area contributed by atoms with E-state index in [1.54, 1.807) is 25.9 Å². The van der Waals surface area contributed by atoms with Crippen molar-refractivity contribution >= 4 is 40.8 Å². The quantitative estimate of drug-likeness (QED) is 0.0849. The molecule has 1 aromatic heterocycles. The third kappa shape index (κ3) is 7.44. The van der Waals surface area contributed by atoms with Crippen LogP contribution in [0.1, 0.15) is 67.7 Å². The Morgan fingerprint density at radius 2 is 1.75 bits per heavy atom. The van der Waals surface area contributed by atoms with Crippen LogP contribution in [0.15, 0.2) is 36.6 Å². The topological polar surface area (TPSA) is 143 Å². The minimum absolute atomic E-state index is 0.140. The molecule has 1 fully saturated rings. The van der Waals surface area contributed by atoms with E-state index in [0.29, 0.717) is 5.01 Å². The molecule has 4 rings (SSSR count). The zero-order valence-electron chi connectivity index (χ0n) is 28.0. The zero-order chi connectivity index (χ0) is 39.4. The molecule has 11 nitrogen and oxygen atoms in total. The number of aliphatic carboxylic acids is 1. The van der Waals surface area contributed by atoms with Crippen molar-refractivity contribution in [2.75, 3.05) is 18.6 Å². The Bertz CT molecular complexity index is 1860. The van der Waals surface area contributed by atoms with Crippen molar-refractivity contribution in [3.05, 3.63) is 64.0 Å². The maximum Gasteiger partial charge on any atom is 0.459 e. The Hall–Kier alpha value is -4.70. The summed E-state index contributed by atoms with van der Waals surface area (Å²) in [7, 11) is 1.21. The Kier molecular flexibility index (Phi) is 10.6. The molecule has 1 aromatic carbocycles. The second kappa shape index (κ2) is 13.7. The molecule has 2 aliphatic rings. The molecule has 1 aliphatic heterocycles. The number of hydrazine groups is 1. The number of carbonyl (C=O) groups is 3. The average Bonchev–Trinajstić information content (AvgIpc) is 3.49. The van der Waals surface area contributed by atoms with E-state index in [1.165, 1.54) is 38.2 Å². The van der Waals surface area contributed by atoms with Crippen LogP contribution < -0.4 is 5.01 Å². The molecule has 2 unspecified atom stereocenters. The number of ether oxygens (including phenoxy) is 1. The van der Waals surface area contributed by atoms with E-state index in [-0.39, 0.29) is 41.1 Å². The summed E-state index contributed by atoms with van der Waals surface area (Å²) >= 11 is 6.45. The van der Waals surface area contributed by atoms with Crippen molar-refractivity contribution in [1.82, 2.24) is 20.1 Å². The number of H-pyrrole nitrogens is 1. The summed E-state index contributed by atoms with van der Waals surface area (Å²) in [5.41, 5.74) is -7.51. The first-order chi connectivity index (χ1) is 23.8. The van der Waals surface area contributed by atoms with Crippen LogP contribution in [0.5, 0.6) is 0 Å². The van der Waals surface area contributed by atoms with Gasteiger partial charge in [-0.1, -0.05) is 50.6 Å². The number of allylic oxidation sites excluding steroid dienone is 1. The fraction of sp³-hybridized carbons (Fsp3) is 0.469. The van der Waals surface area contributed by atoms with Crippen molar-refractivity contribution in [1.29, 1.82) is 5.26 Å². The Balaban J connectivity index is 1.79. The van der Waals surface area contributed by atoms with Crippen LogP contribution in [-0.2, 0) is 26.4 Å². The highest BCUT2D eigenvalue weighted by molar-refractivity contribution is 6.34. The maximum atomic E-state index is 14.4. The second-order valence-electron chi connectivity index (χ2n) is 13.2. The van der Waals surface area contributed by atoms with Gasteiger partial charge in [-0.05, 0) is 43.0 Å². The number of anilines is 1. The molecule has 2 aromatic rings. The number of carboxylic acid groups (broad SMARTS) is 1. The lowest BCUT2D eigenvalue weighted by atomic mass is 9.90. The molecular formula is C32H31ClF8N6O5. The summed E-state index contributed by atoms with van der Waals surface area (Å²) < 4.78 is 115. The number of benzene rings is 1. The Morgan fingerprint density at radius 1 is 1.13 bits per heavy atom. The van der Waals surface area contributed by atoms with Gasteiger partial charge in [-0.2, -0.15) is 45.5 Å². The number of rotatable bonds is 10. The SMILES string of the molecule is C/C=C/C(C(=O)O)C(=O)OC(N(C(=O)c1cc(C2=CN(c3[nH]nc(C(F)(F)C(F)(F)F)c3C(F)(F)F)N(C)C2)ccc1Cl)C1(C#N)CC1)C(C)(C)C. The minimum Gasteiger partial charge on any atom is -0.480 e. The van der Waals surface area contributed by atoms with Crippen LogP contribution in [0.4, 0.5) is 40.9 Å². The van der Waals surface area contributed by atoms with Crippen molar-refractivity contribution in [3.8, 4) is 6.07 Å². The molecule has 0 bridgehead atoms. The monoisotopic (exact) mass is 766 g/mol. The third-order valence-electron chi connectivity index (χ3n) is 8.25. The van der Waals surface area contributed by atoms with E-state index < -0.39 is 76.3 Å². The van der Waals surface area contributed by atoms with Crippen LogP contribution >= 0.6 is 11.6 Å². The van der Waals surface area contributed by atoms with Gasteiger partial charge in [0, 0.05) is 25.2 Å². The number of likely N-dealkylation sites (N-methyl/N-ethyl adjacent to an activating group) is 1. The largest absolute Gasteiger partial charge is 0.480 e. The van der Waals surface area contributed by atoms with E-state index in [4.69, 9.17) is 16.3 Å². The zero-order valence-corrected chi connectivity index (χ0v) is 28.7. The first-order valence-corrected chi connectivity index (χ1v) is 15.6. The van der Waals surface area contributed by atoms with Gasteiger partial charge in [0.15, 0.2) is 23.7 Å². The first kappa shape index (κ1) is 40.1. The number of amides is 1. The summed E-state index contributed by atoms with van der Waals surface area (Å²) in [4.78, 5) is 40.3. The Labute approximate surface area is 296 Å². The van der Waals surface area contributed by atoms with Gasteiger partial charge in [-0.3, -0.25) is 29.4 Å². The maximum absolute atomic E-state index is 14.4. The molecule has 0 radical (unpaired) electrons. The number of aromatic amines is 1. The van der Waals surface area contributed by atoms with Crippen LogP contribution in [-0.4, -0.2) is 74.6 Å². The summed E-state index contributed by atoms with van der Waals surface area (Å²) in [5.74, 6) is -12.6. The summed E-state index contributed by atoms with van der Waals surface area (Å²) in [6.07, 6.45) is -9.92. The van der Waals surface area contributed by atoms with Gasteiger partial charge < -0.3 is 9.84 Å². The van der Waals surface area contributed by atoms with E-state index in [2.05, 4.69) is 11.2 Å². The highest BCUT2D eigenvalue weighted by atomic mass is 35.5. The molecule has 0 spiro atoms. The van der Waals surface area contributed by atoms with Gasteiger partial charge in [-0.25, -0.2) is 5.01 Å². The van der Waals surface area contributed by atoms with Gasteiger partial charge in [0.2, 0.25) is 0 Å². The van der Waals surface area contributed by atoms with E-state index in [0.717, 1.165) is 22.2 Å². The molecule has 1 saturated carbocycles. The molecule has 282 valence electrons. The standard InChI is InChI=1S/C32H31ClF8N6O5/c1-6-7-18(25(49)50)26(51)52-27(28(2,3)4)47(29(15-42)10-11-29)24(48)19-12-16(8-9-20(19)33)17-13-45(5)46(14-17)23-21(31(36,37)38)22(43-44-23)30(34,35)32(39,40)41/h6-9,12,14,18,27H,10-11,13H2,1-5H3,(H,43,44)(H,49,50)/b7-6+. The van der Waals surface area contributed by atoms with Gasteiger partial charge in [0.05, 0.1) is 16.7 Å². The van der Waals surface area contributed by atoms with E-state index >= 15 is 0 Å². The molecule has 0 saturated heterocycles. The number of aromatic nitrogens is 2. The number of carbonyl (C=O) groups excluding carboxylic acids is 2. The lowest BCUT2D eigenvalue weighted by molar-refractivity contribution is -0.292. The number of alkyl halides is 8. The fourth-order valence-corrected chi connectivity index (χ4v) is 5.66. The van der Waals surface area contributed by atoms with Gasteiger partial charge in [0.1, 0.15) is 11.1 Å². The summed E-state index contributed by atoms with van der Waals surface area (Å²) in [6, 6.07) is 5.89. The van der Waals surface area contributed by atoms with Crippen molar-refractivity contribution in [2.45, 2.75) is 70.6 Å². The predicted molar refractivity (Wildman–Crippen MR) is 167 cm³/mol. The first-order valence-electron chi connectivity index (χ1n) is 15.2. The minimum atomic E-state index is -6.39. The molecule has 20 heteroatoms. The number of nitrogens with zero attached hydrogens (tertiary/aromatic N) is 5. The van der Waals surface area contributed by atoms with Gasteiger partial charge in [0.25, 0.3) is 5.91 Å². The number of hydrogen-bond acceptors (Lipinski definition) is 8. The number of nitrogens with one attached hydrogen (secondary N) is 1. The number of halogens is 9. The fourth-order valence-electron chi connectivity index (χ4n) is 5.46. The van der Waals surface area contributed by atoms with Crippen LogP contribution in [0, 0.1) is 22.7 Å². The number of carboxylic acids is 1. The predicted octanol–water partition coefficient (Wildman–Crippen LogP) is 7.13. The van der Waals surface area contributed by atoms with Crippen molar-refractivity contribution in [3.63, 3.8) is 0 Å². The van der Waals surface area contributed by atoms with Crippen molar-refractivity contribution < 1.29 is 59.4 Å². The smallest absolute Gasteiger partial charge is 0.459 e. The molecule has 2 heterocycles. The molecule has 1 amide bonds. The highest BCUT2D eigenvalue weighted by Gasteiger charge is 2.64. The highest BCUT2D eigenvalue weighted by Crippen LogP contribution is 2.51. The third-order valence-corrected chi connectivity index (χ3v) is 8.58. The normalized spacial score (nSPS) is 17.8. The summed E-state index contributed by atoms with van der Waals surface area (Å²) in [6.45, 7) is 5.96. The van der Waals surface area contributed by atoms with Crippen molar-refractivity contribution in [2.24, 2.45) is 11.3 Å². The van der Waals surface area contributed by atoms with E-state index in [1.807, 2.05) is 0 Å². The number of hydrogen-bond donors (Lipinski definition) is 2. The van der Waals surface area contributed by atoms with Crippen LogP contribution in [0.3, 0.4) is 0 Å². The number of nitriles is 1. The lowest BCUT2D eigenvalue weighted by Gasteiger charge is -2.42. The molecule has 2 N–H and O–H groups in total.